The number of nitrogens with zero attached hydrogens (tertiary/aromatic N) is 3. The van der Waals surface area contributed by atoms with Crippen LogP contribution in [0.3, 0.4) is 0 Å². The summed E-state index contributed by atoms with van der Waals surface area (Å²) in [6, 6.07) is 15.6. The second-order valence-corrected chi connectivity index (χ2v) is 9.55. The molecule has 1 fully saturated rings. The summed E-state index contributed by atoms with van der Waals surface area (Å²) in [6.45, 7) is 12.3. The number of rotatable bonds is 6. The van der Waals surface area contributed by atoms with Crippen molar-refractivity contribution in [1.29, 1.82) is 0 Å². The van der Waals surface area contributed by atoms with E-state index in [4.69, 9.17) is 4.99 Å². The van der Waals surface area contributed by atoms with Crippen LogP contribution in [0.5, 0.6) is 0 Å². The van der Waals surface area contributed by atoms with Gasteiger partial charge in [0, 0.05) is 55.0 Å². The van der Waals surface area contributed by atoms with Gasteiger partial charge in [-0.3, -0.25) is 14.7 Å². The van der Waals surface area contributed by atoms with Crippen LogP contribution in [-0.4, -0.2) is 53.6 Å². The number of carbonyl (C=O) groups is 1. The van der Waals surface area contributed by atoms with Crippen LogP contribution < -0.4 is 0 Å². The van der Waals surface area contributed by atoms with Crippen molar-refractivity contribution in [2.45, 2.75) is 59.4 Å². The zero-order valence-corrected chi connectivity index (χ0v) is 20.1. The van der Waals surface area contributed by atoms with Crippen molar-refractivity contribution in [3.8, 4) is 0 Å². The van der Waals surface area contributed by atoms with Gasteiger partial charge in [0.05, 0.1) is 5.71 Å². The summed E-state index contributed by atoms with van der Waals surface area (Å²) in [4.78, 5) is 23.1. The Morgan fingerprint density at radius 3 is 2.50 bits per heavy atom. The second-order valence-electron chi connectivity index (χ2n) is 9.55. The number of piperazine rings is 1. The summed E-state index contributed by atoms with van der Waals surface area (Å²) in [6.07, 6.45) is 4.19. The van der Waals surface area contributed by atoms with Crippen LogP contribution in [0.15, 0.2) is 58.7 Å². The summed E-state index contributed by atoms with van der Waals surface area (Å²) in [5.41, 5.74) is 4.21. The van der Waals surface area contributed by atoms with Gasteiger partial charge in [0.25, 0.3) is 5.91 Å². The molecule has 2 aromatic rings. The third kappa shape index (κ3) is 4.66. The number of carbonyl (C=O) groups excluding carboxylic acids is 1. The molecule has 1 unspecified atom stereocenters. The molecule has 2 heterocycles. The van der Waals surface area contributed by atoms with Gasteiger partial charge in [0.2, 0.25) is 0 Å². The Kier molecular flexibility index (Phi) is 7.10. The summed E-state index contributed by atoms with van der Waals surface area (Å²) >= 11 is 0. The number of aliphatic imine (C=N–C) groups is 1. The molecule has 0 N–H and O–H groups in total. The fraction of sp³-hybridized carbons (Fsp3) is 0.500. The molecule has 1 atom stereocenters. The lowest BCUT2D eigenvalue weighted by atomic mass is 9.82. The van der Waals surface area contributed by atoms with Crippen LogP contribution in [0.4, 0.5) is 0 Å². The maximum Gasteiger partial charge on any atom is 0.251 e. The Hall–Kier alpha value is -2.46. The summed E-state index contributed by atoms with van der Waals surface area (Å²) in [5.74, 6) is 0.494. The maximum atomic E-state index is 13.5. The topological polar surface area (TPSA) is 35.9 Å². The summed E-state index contributed by atoms with van der Waals surface area (Å²) < 4.78 is 0. The SMILES string of the molecule is CCCCC1CC(C(=O)N2CCN(C(C)C)CC2)=C(C)N=C1c1cccc2ccccc12. The van der Waals surface area contributed by atoms with Crippen molar-refractivity contribution < 1.29 is 4.79 Å². The third-order valence-electron chi connectivity index (χ3n) is 7.12. The maximum absolute atomic E-state index is 13.5. The van der Waals surface area contributed by atoms with E-state index in [9.17, 15) is 4.79 Å². The first kappa shape index (κ1) is 22.7. The van der Waals surface area contributed by atoms with Gasteiger partial charge in [-0.05, 0) is 44.4 Å². The van der Waals surface area contributed by atoms with Crippen LogP contribution >= 0.6 is 0 Å². The lowest BCUT2D eigenvalue weighted by Crippen LogP contribution is -2.51. The number of hydrogen-bond donors (Lipinski definition) is 0. The molecule has 32 heavy (non-hydrogen) atoms. The third-order valence-corrected chi connectivity index (χ3v) is 7.12. The van der Waals surface area contributed by atoms with E-state index in [0.717, 1.165) is 68.8 Å². The lowest BCUT2D eigenvalue weighted by molar-refractivity contribution is -0.129. The van der Waals surface area contributed by atoms with E-state index in [1.54, 1.807) is 0 Å². The second kappa shape index (κ2) is 9.99. The van der Waals surface area contributed by atoms with Gasteiger partial charge in [0.15, 0.2) is 0 Å². The van der Waals surface area contributed by atoms with Crippen molar-refractivity contribution in [3.63, 3.8) is 0 Å². The molecule has 170 valence electrons. The van der Waals surface area contributed by atoms with Crippen molar-refractivity contribution in [1.82, 2.24) is 9.80 Å². The van der Waals surface area contributed by atoms with Crippen LogP contribution in [-0.2, 0) is 4.79 Å². The molecule has 4 nitrogen and oxygen atoms in total. The van der Waals surface area contributed by atoms with E-state index in [0.29, 0.717) is 12.0 Å². The zero-order chi connectivity index (χ0) is 22.7. The minimum absolute atomic E-state index is 0.202. The molecule has 0 aromatic heterocycles. The van der Waals surface area contributed by atoms with E-state index in [-0.39, 0.29) is 5.91 Å². The van der Waals surface area contributed by atoms with E-state index < -0.39 is 0 Å². The fourth-order valence-corrected chi connectivity index (χ4v) is 5.12. The van der Waals surface area contributed by atoms with Crippen molar-refractivity contribution >= 4 is 22.4 Å². The molecule has 0 aliphatic carbocycles. The highest BCUT2D eigenvalue weighted by molar-refractivity contribution is 6.13. The van der Waals surface area contributed by atoms with Crippen LogP contribution in [0.2, 0.25) is 0 Å². The van der Waals surface area contributed by atoms with Gasteiger partial charge >= 0.3 is 0 Å². The fourth-order valence-electron chi connectivity index (χ4n) is 5.12. The Bertz CT molecular complexity index is 1020. The van der Waals surface area contributed by atoms with Crippen LogP contribution in [0.25, 0.3) is 10.8 Å². The first-order chi connectivity index (χ1) is 15.5. The van der Waals surface area contributed by atoms with Gasteiger partial charge in [-0.1, -0.05) is 62.2 Å². The average Bonchev–Trinajstić information content (AvgIpc) is 2.82. The molecule has 2 aromatic carbocycles. The van der Waals surface area contributed by atoms with E-state index >= 15 is 0 Å². The molecule has 0 saturated carbocycles. The van der Waals surface area contributed by atoms with Crippen molar-refractivity contribution in [3.05, 3.63) is 59.3 Å². The van der Waals surface area contributed by atoms with Gasteiger partial charge < -0.3 is 4.90 Å². The minimum atomic E-state index is 0.202. The normalized spacial score (nSPS) is 20.2. The molecule has 1 saturated heterocycles. The minimum Gasteiger partial charge on any atom is -0.336 e. The quantitative estimate of drug-likeness (QED) is 0.591. The smallest absolute Gasteiger partial charge is 0.251 e. The number of benzene rings is 2. The highest BCUT2D eigenvalue weighted by Gasteiger charge is 2.32. The van der Waals surface area contributed by atoms with Gasteiger partial charge in [-0.25, -0.2) is 0 Å². The average molecular weight is 432 g/mol. The van der Waals surface area contributed by atoms with Crippen LogP contribution in [0.1, 0.15) is 58.9 Å². The summed E-state index contributed by atoms with van der Waals surface area (Å²) in [7, 11) is 0. The predicted molar refractivity (Wildman–Crippen MR) is 134 cm³/mol. The molecule has 2 aliphatic heterocycles. The highest BCUT2D eigenvalue weighted by atomic mass is 16.2. The molecule has 4 rings (SSSR count). The van der Waals surface area contributed by atoms with E-state index in [1.807, 2.05) is 11.8 Å². The molecule has 4 heteroatoms. The number of amides is 1. The lowest BCUT2D eigenvalue weighted by Gasteiger charge is -2.38. The molecule has 0 bridgehead atoms. The number of fused-ring (bicyclic) bond motifs is 1. The Balaban J connectivity index is 1.65. The van der Waals surface area contributed by atoms with Gasteiger partial charge in [-0.2, -0.15) is 0 Å². The molecule has 2 aliphatic rings. The van der Waals surface area contributed by atoms with E-state index in [2.05, 4.69) is 68.1 Å². The highest BCUT2D eigenvalue weighted by Crippen LogP contribution is 2.34. The van der Waals surface area contributed by atoms with Gasteiger partial charge in [-0.15, -0.1) is 0 Å². The summed E-state index contributed by atoms with van der Waals surface area (Å²) in [5, 5.41) is 2.50. The molecular weight excluding hydrogens is 394 g/mol. The number of hydrogen-bond acceptors (Lipinski definition) is 3. The van der Waals surface area contributed by atoms with Crippen molar-refractivity contribution in [2.75, 3.05) is 26.2 Å². The van der Waals surface area contributed by atoms with E-state index in [1.165, 1.54) is 16.3 Å². The van der Waals surface area contributed by atoms with Crippen molar-refractivity contribution in [2.24, 2.45) is 10.9 Å². The molecule has 0 spiro atoms. The largest absolute Gasteiger partial charge is 0.336 e. The molecule has 0 radical (unpaired) electrons. The first-order valence-corrected chi connectivity index (χ1v) is 12.3. The number of unbranched alkanes of at least 4 members (excludes halogenated alkanes) is 1. The van der Waals surface area contributed by atoms with Gasteiger partial charge in [0.1, 0.15) is 0 Å². The number of allylic oxidation sites excluding steroid dienone is 1. The molecule has 1 amide bonds. The first-order valence-electron chi connectivity index (χ1n) is 12.3. The Labute approximate surface area is 193 Å². The molecular formula is C28H37N3O. The Morgan fingerprint density at radius 2 is 1.78 bits per heavy atom. The monoisotopic (exact) mass is 431 g/mol. The Morgan fingerprint density at radius 1 is 1.06 bits per heavy atom. The van der Waals surface area contributed by atoms with Crippen LogP contribution in [0, 0.1) is 5.92 Å². The predicted octanol–water partition coefficient (Wildman–Crippen LogP) is 5.67. The standard InChI is InChI=1S/C28H37N3O/c1-5-6-10-23-19-26(28(32)31-17-15-30(16-18-31)20(2)3)21(4)29-27(23)25-14-9-12-22-11-7-8-13-24(22)25/h7-9,11-14,20,23H,5-6,10,15-19H2,1-4H3. The zero-order valence-electron chi connectivity index (χ0n) is 20.1.